The lowest BCUT2D eigenvalue weighted by atomic mass is 9.99. The second-order valence-electron chi connectivity index (χ2n) is 6.74. The second-order valence-corrected chi connectivity index (χ2v) is 6.74. The molecule has 1 saturated heterocycles. The second kappa shape index (κ2) is 8.70. The van der Waals surface area contributed by atoms with E-state index in [0.717, 1.165) is 43.8 Å². The minimum absolute atomic E-state index is 0.893. The minimum atomic E-state index is 0.893. The number of ether oxygens (including phenoxy) is 1. The standard InChI is InChI=1S/C22H28N2O/c1-18-14-20(15-19-10-6-4-3-5-7-11-19)22(25-2)16-21(18)23-17-24-12-8-9-13-24/h3-4,7,10-11,14,16-17H,5-6,8-9,12-13,15H2,1-2H3/b4-3?,11-7-,19-10+,23-17+. The van der Waals surface area contributed by atoms with E-state index >= 15 is 0 Å². The Balaban J connectivity index is 1.80. The third kappa shape index (κ3) is 4.85. The Morgan fingerprint density at radius 1 is 1.12 bits per heavy atom. The van der Waals surface area contributed by atoms with E-state index < -0.39 is 0 Å². The van der Waals surface area contributed by atoms with Gasteiger partial charge in [0.2, 0.25) is 0 Å². The molecular formula is C22H28N2O. The molecule has 0 amide bonds. The molecule has 3 rings (SSSR count). The third-order valence-corrected chi connectivity index (χ3v) is 4.78. The number of rotatable bonds is 5. The fourth-order valence-electron chi connectivity index (χ4n) is 3.33. The van der Waals surface area contributed by atoms with E-state index in [1.807, 2.05) is 6.34 Å². The topological polar surface area (TPSA) is 24.8 Å². The summed E-state index contributed by atoms with van der Waals surface area (Å²) in [6, 6.07) is 4.29. The van der Waals surface area contributed by atoms with Crippen LogP contribution in [0.1, 0.15) is 36.8 Å². The number of methoxy groups -OCH3 is 1. The van der Waals surface area contributed by atoms with Gasteiger partial charge in [-0.25, -0.2) is 4.99 Å². The van der Waals surface area contributed by atoms with Crippen molar-refractivity contribution in [3.8, 4) is 5.75 Å². The molecule has 1 aromatic carbocycles. The van der Waals surface area contributed by atoms with Crippen molar-refractivity contribution in [2.75, 3.05) is 20.2 Å². The Kier molecular flexibility index (Phi) is 6.10. The molecule has 0 spiro atoms. The molecule has 2 aliphatic rings. The van der Waals surface area contributed by atoms with Crippen LogP contribution in [-0.4, -0.2) is 31.4 Å². The molecule has 1 aromatic rings. The van der Waals surface area contributed by atoms with Crippen LogP contribution in [0.25, 0.3) is 0 Å². The van der Waals surface area contributed by atoms with Crippen molar-refractivity contribution in [3.63, 3.8) is 0 Å². The zero-order valence-electron chi connectivity index (χ0n) is 15.4. The van der Waals surface area contributed by atoms with Crippen molar-refractivity contribution >= 4 is 12.0 Å². The molecule has 3 heteroatoms. The van der Waals surface area contributed by atoms with Gasteiger partial charge in [0, 0.05) is 25.6 Å². The SMILES string of the molecule is COc1cc(/N=C/N2CCCC2)c(C)cc1CC1=C/CC=CC/C=C\1. The van der Waals surface area contributed by atoms with Crippen molar-refractivity contribution in [1.82, 2.24) is 4.90 Å². The number of allylic oxidation sites excluding steroid dienone is 6. The summed E-state index contributed by atoms with van der Waals surface area (Å²) in [5.74, 6) is 0.922. The van der Waals surface area contributed by atoms with Crippen LogP contribution < -0.4 is 4.74 Å². The van der Waals surface area contributed by atoms with E-state index in [2.05, 4.69) is 54.3 Å². The Bertz CT molecular complexity index is 707. The van der Waals surface area contributed by atoms with Gasteiger partial charge in [0.15, 0.2) is 0 Å². The fourth-order valence-corrected chi connectivity index (χ4v) is 3.33. The molecule has 25 heavy (non-hydrogen) atoms. The Morgan fingerprint density at radius 3 is 2.72 bits per heavy atom. The van der Waals surface area contributed by atoms with Gasteiger partial charge < -0.3 is 9.64 Å². The molecular weight excluding hydrogens is 308 g/mol. The van der Waals surface area contributed by atoms with Gasteiger partial charge in [0.05, 0.1) is 19.1 Å². The molecule has 0 bridgehead atoms. The Labute approximate surface area is 151 Å². The van der Waals surface area contributed by atoms with E-state index in [9.17, 15) is 0 Å². The van der Waals surface area contributed by atoms with Crippen molar-refractivity contribution < 1.29 is 4.74 Å². The molecule has 1 aliphatic heterocycles. The molecule has 3 nitrogen and oxygen atoms in total. The normalized spacial score (nSPS) is 21.0. The fraction of sp³-hybridized carbons (Fsp3) is 0.409. The molecule has 0 N–H and O–H groups in total. The summed E-state index contributed by atoms with van der Waals surface area (Å²) in [6.45, 7) is 4.37. The zero-order chi connectivity index (χ0) is 17.5. The lowest BCUT2D eigenvalue weighted by Crippen LogP contribution is -2.16. The summed E-state index contributed by atoms with van der Waals surface area (Å²) in [5.41, 5.74) is 4.76. The quantitative estimate of drug-likeness (QED) is 0.423. The molecule has 0 unspecified atom stereocenters. The maximum atomic E-state index is 5.66. The molecule has 0 aromatic heterocycles. The summed E-state index contributed by atoms with van der Waals surface area (Å²) in [5, 5.41) is 0. The number of hydrogen-bond acceptors (Lipinski definition) is 2. The van der Waals surface area contributed by atoms with Crippen molar-refractivity contribution in [1.29, 1.82) is 0 Å². The lowest BCUT2D eigenvalue weighted by Gasteiger charge is -2.14. The first-order chi connectivity index (χ1) is 12.3. The largest absolute Gasteiger partial charge is 0.496 e. The summed E-state index contributed by atoms with van der Waals surface area (Å²) in [7, 11) is 1.74. The first kappa shape index (κ1) is 17.5. The number of benzene rings is 1. The molecule has 1 heterocycles. The Morgan fingerprint density at radius 2 is 1.92 bits per heavy atom. The lowest BCUT2D eigenvalue weighted by molar-refractivity contribution is 0.410. The van der Waals surface area contributed by atoms with Gasteiger partial charge in [-0.05, 0) is 55.4 Å². The van der Waals surface area contributed by atoms with Crippen LogP contribution in [0.4, 0.5) is 5.69 Å². The van der Waals surface area contributed by atoms with Crippen molar-refractivity contribution in [2.24, 2.45) is 4.99 Å². The predicted octanol–water partition coefficient (Wildman–Crippen LogP) is 5.13. The number of aliphatic imine (C=N–C) groups is 1. The van der Waals surface area contributed by atoms with Crippen LogP contribution in [0.2, 0.25) is 0 Å². The molecule has 132 valence electrons. The predicted molar refractivity (Wildman–Crippen MR) is 106 cm³/mol. The maximum absolute atomic E-state index is 5.66. The monoisotopic (exact) mass is 336 g/mol. The highest BCUT2D eigenvalue weighted by Gasteiger charge is 2.11. The average molecular weight is 336 g/mol. The smallest absolute Gasteiger partial charge is 0.124 e. The van der Waals surface area contributed by atoms with Crippen molar-refractivity contribution in [2.45, 2.75) is 39.0 Å². The zero-order valence-corrected chi connectivity index (χ0v) is 15.4. The molecule has 1 aliphatic carbocycles. The van der Waals surface area contributed by atoms with Gasteiger partial charge in [-0.1, -0.05) is 30.4 Å². The highest BCUT2D eigenvalue weighted by Crippen LogP contribution is 2.31. The summed E-state index contributed by atoms with van der Waals surface area (Å²) in [4.78, 5) is 6.98. The maximum Gasteiger partial charge on any atom is 0.124 e. The van der Waals surface area contributed by atoms with Crippen LogP contribution in [0.15, 0.2) is 53.1 Å². The minimum Gasteiger partial charge on any atom is -0.496 e. The first-order valence-electron chi connectivity index (χ1n) is 9.22. The van der Waals surface area contributed by atoms with E-state index in [-0.39, 0.29) is 0 Å². The van der Waals surface area contributed by atoms with Crippen LogP contribution in [0, 0.1) is 6.92 Å². The van der Waals surface area contributed by atoms with E-state index in [1.165, 1.54) is 29.5 Å². The highest BCUT2D eigenvalue weighted by atomic mass is 16.5. The molecule has 0 radical (unpaired) electrons. The number of likely N-dealkylation sites (tertiary alicyclic amines) is 1. The van der Waals surface area contributed by atoms with Crippen LogP contribution in [0.3, 0.4) is 0 Å². The summed E-state index contributed by atoms with van der Waals surface area (Å²) >= 11 is 0. The van der Waals surface area contributed by atoms with Gasteiger partial charge in [0.1, 0.15) is 5.75 Å². The average Bonchev–Trinajstić information content (AvgIpc) is 3.10. The number of hydrogen-bond donors (Lipinski definition) is 0. The third-order valence-electron chi connectivity index (χ3n) is 4.78. The van der Waals surface area contributed by atoms with Crippen LogP contribution in [0.5, 0.6) is 5.75 Å². The molecule has 0 atom stereocenters. The van der Waals surface area contributed by atoms with Crippen LogP contribution in [-0.2, 0) is 6.42 Å². The number of aryl methyl sites for hydroxylation is 1. The highest BCUT2D eigenvalue weighted by molar-refractivity contribution is 5.65. The van der Waals surface area contributed by atoms with Crippen molar-refractivity contribution in [3.05, 3.63) is 59.2 Å². The van der Waals surface area contributed by atoms with E-state index in [1.54, 1.807) is 7.11 Å². The van der Waals surface area contributed by atoms with Gasteiger partial charge in [-0.15, -0.1) is 0 Å². The van der Waals surface area contributed by atoms with Gasteiger partial charge in [-0.3, -0.25) is 0 Å². The molecule has 0 saturated carbocycles. The number of nitrogens with zero attached hydrogens (tertiary/aromatic N) is 2. The van der Waals surface area contributed by atoms with E-state index in [0.29, 0.717) is 0 Å². The van der Waals surface area contributed by atoms with Gasteiger partial charge in [-0.2, -0.15) is 0 Å². The molecule has 1 fully saturated rings. The summed E-state index contributed by atoms with van der Waals surface area (Å²) in [6.07, 6.45) is 18.6. The van der Waals surface area contributed by atoms with Gasteiger partial charge in [0.25, 0.3) is 0 Å². The van der Waals surface area contributed by atoms with Gasteiger partial charge >= 0.3 is 0 Å². The first-order valence-corrected chi connectivity index (χ1v) is 9.22. The van der Waals surface area contributed by atoms with E-state index in [4.69, 9.17) is 9.73 Å². The summed E-state index contributed by atoms with van der Waals surface area (Å²) < 4.78 is 5.66. The van der Waals surface area contributed by atoms with Crippen LogP contribution >= 0.6 is 0 Å². The Hall–Kier alpha value is -2.29.